The molecule has 1 fully saturated rings. The molecule has 0 radical (unpaired) electrons. The third-order valence-electron chi connectivity index (χ3n) is 12.1. The number of nitrogens with zero attached hydrogens (tertiary/aromatic N) is 5. The van der Waals surface area contributed by atoms with E-state index in [9.17, 15) is 28.8 Å². The van der Waals surface area contributed by atoms with Crippen LogP contribution in [0.2, 0.25) is 0 Å². The van der Waals surface area contributed by atoms with Crippen molar-refractivity contribution >= 4 is 69.6 Å². The number of methoxy groups -OCH3 is 1. The lowest BCUT2D eigenvalue weighted by Gasteiger charge is -2.49. The fraction of sp³-hybridized carbons (Fsp3) is 0.167. The van der Waals surface area contributed by atoms with Gasteiger partial charge in [0, 0.05) is 24.2 Å². The number of rotatable bonds is 19. The van der Waals surface area contributed by atoms with Crippen molar-refractivity contribution < 1.29 is 33.5 Å². The quantitative estimate of drug-likeness (QED) is 0.0124. The molecule has 9 rings (SSSR count). The Balaban J connectivity index is 0.997. The normalized spacial score (nSPS) is 15.5. The number of benzene rings is 5. The van der Waals surface area contributed by atoms with E-state index in [1.165, 1.54) is 42.2 Å². The second-order valence-electron chi connectivity index (χ2n) is 16.6. The third kappa shape index (κ3) is 11.1. The number of thioether (sulfide) groups is 2. The van der Waals surface area contributed by atoms with Crippen molar-refractivity contribution in [3.63, 3.8) is 0 Å². The first kappa shape index (κ1) is 51.4. The lowest BCUT2D eigenvalue weighted by molar-refractivity contribution is -0.154. The number of thiazole rings is 1. The van der Waals surface area contributed by atoms with Gasteiger partial charge in [0.05, 0.1) is 7.11 Å². The summed E-state index contributed by atoms with van der Waals surface area (Å²) in [6.45, 7) is -0.157. The Labute approximate surface area is 441 Å². The summed E-state index contributed by atoms with van der Waals surface area (Å²) < 4.78 is 12.0. The molecule has 380 valence electrons. The molecule has 18 nitrogen and oxygen atoms in total. The van der Waals surface area contributed by atoms with Crippen LogP contribution < -0.4 is 27.1 Å². The number of ether oxygens (including phenoxy) is 2. The number of anilines is 1. The van der Waals surface area contributed by atoms with Gasteiger partial charge in [-0.2, -0.15) is 0 Å². The molecule has 0 saturated carbocycles. The number of allylic oxidation sites excluding steroid dienone is 1. The Hall–Kier alpha value is -8.53. The molecule has 2 aliphatic rings. The second kappa shape index (κ2) is 23.6. The molecule has 1 saturated heterocycles. The molecule has 3 amide bonds. The van der Waals surface area contributed by atoms with E-state index in [0.29, 0.717) is 21.8 Å². The van der Waals surface area contributed by atoms with E-state index in [1.807, 2.05) is 152 Å². The lowest BCUT2D eigenvalue weighted by atomic mass is 9.77. The maximum atomic E-state index is 14.7. The van der Waals surface area contributed by atoms with E-state index in [-0.39, 0.29) is 41.1 Å². The SMILES string of the molecule is CO/N=C(/C(=O)NC1C(=O)N2C(C(=O)OC(c3ccccc3)c3ccccc3)=C(/C=C/Sc3n[nH]c(=O)c(=O)n3CCNC(=O)OC)CSC12)c1csc(NC(c2ccccc2)(c2ccccc2)c2ccccc2)n1. The van der Waals surface area contributed by atoms with Crippen molar-refractivity contribution in [1.29, 1.82) is 0 Å². The lowest BCUT2D eigenvalue weighted by Crippen LogP contribution is -2.71. The van der Waals surface area contributed by atoms with Gasteiger partial charge in [-0.3, -0.25) is 28.6 Å². The number of amides is 3. The summed E-state index contributed by atoms with van der Waals surface area (Å²) in [6.07, 6.45) is 0.00319. The Morgan fingerprint density at radius 1 is 0.840 bits per heavy atom. The fourth-order valence-electron chi connectivity index (χ4n) is 8.62. The van der Waals surface area contributed by atoms with Crippen molar-refractivity contribution in [2.75, 3.05) is 31.8 Å². The van der Waals surface area contributed by atoms with Crippen LogP contribution in [-0.2, 0) is 40.8 Å². The van der Waals surface area contributed by atoms with Crippen molar-refractivity contribution in [3.8, 4) is 0 Å². The topological polar surface area (TPSA) is 228 Å². The number of carbonyl (C=O) groups is 4. The summed E-state index contributed by atoms with van der Waals surface area (Å²) in [5.74, 6) is -1.97. The summed E-state index contributed by atoms with van der Waals surface area (Å²) in [7, 11) is 2.50. The van der Waals surface area contributed by atoms with Gasteiger partial charge in [0.15, 0.2) is 22.1 Å². The van der Waals surface area contributed by atoms with Crippen LogP contribution in [0.1, 0.15) is 39.6 Å². The molecule has 7 aromatic rings. The van der Waals surface area contributed by atoms with Crippen molar-refractivity contribution in [2.24, 2.45) is 5.16 Å². The van der Waals surface area contributed by atoms with Crippen LogP contribution in [0.4, 0.5) is 9.93 Å². The van der Waals surface area contributed by atoms with E-state index in [0.717, 1.165) is 33.0 Å². The van der Waals surface area contributed by atoms with Gasteiger partial charge in [-0.05, 0) is 44.9 Å². The van der Waals surface area contributed by atoms with Gasteiger partial charge in [0.2, 0.25) is 0 Å². The minimum atomic E-state index is -1.11. The largest absolute Gasteiger partial charge is 0.453 e. The van der Waals surface area contributed by atoms with Crippen LogP contribution in [0.3, 0.4) is 0 Å². The maximum absolute atomic E-state index is 14.7. The third-order valence-corrected chi connectivity index (χ3v) is 15.0. The number of oxime groups is 1. The number of hydrogen-bond donors (Lipinski definition) is 4. The number of β-lactam (4-membered cyclic amide) rings is 1. The van der Waals surface area contributed by atoms with Gasteiger partial charge in [0.25, 0.3) is 11.8 Å². The fourth-order valence-corrected chi connectivity index (χ4v) is 11.4. The Kier molecular flexibility index (Phi) is 16.1. The number of aromatic nitrogens is 4. The van der Waals surface area contributed by atoms with Gasteiger partial charge in [-0.1, -0.05) is 169 Å². The number of hydrogen-bond acceptors (Lipinski definition) is 16. The molecule has 21 heteroatoms. The highest BCUT2D eigenvalue weighted by Crippen LogP contribution is 2.43. The number of esters is 1. The van der Waals surface area contributed by atoms with Gasteiger partial charge in [-0.15, -0.1) is 28.2 Å². The second-order valence-corrected chi connectivity index (χ2v) is 19.4. The molecule has 0 spiro atoms. The molecule has 0 bridgehead atoms. The van der Waals surface area contributed by atoms with Crippen molar-refractivity contribution in [3.05, 3.63) is 234 Å². The predicted molar refractivity (Wildman–Crippen MR) is 286 cm³/mol. The highest BCUT2D eigenvalue weighted by atomic mass is 32.2. The first-order valence-corrected chi connectivity index (χ1v) is 26.1. The van der Waals surface area contributed by atoms with E-state index in [4.69, 9.17) is 14.6 Å². The molecule has 75 heavy (non-hydrogen) atoms. The zero-order valence-electron chi connectivity index (χ0n) is 40.2. The molecule has 2 aromatic heterocycles. The van der Waals surface area contributed by atoms with E-state index < -0.39 is 58.1 Å². The van der Waals surface area contributed by atoms with Crippen LogP contribution in [0.25, 0.3) is 0 Å². The molecule has 4 N–H and O–H groups in total. The number of fused-ring (bicyclic) bond motifs is 1. The first-order valence-electron chi connectivity index (χ1n) is 23.3. The molecule has 2 unspecified atom stereocenters. The standard InChI is InChI=1S/C54H47N9O9S3/c1-70-53(69)55-29-30-62-48(67)46(65)59-60-52(62)73-31-28-36-32-74-49-42(47(66)63(49)43(36)50(68)72-44(34-18-8-3-9-19-34)35-20-10-4-11-21-35)57-45(64)41(61-71-2)40-33-75-51(56-40)58-54(37-22-12-5-13-23-37,38-24-14-6-15-25-38)39-26-16-7-17-27-39/h3-28,31,33,42,44,49H,29-30,32H2,1-2H3,(H,55,69)(H,56,58)(H,57,64)(H,59,65)/b31-28+,61-41+. The molecule has 2 aliphatic heterocycles. The number of nitrogens with one attached hydrogen (secondary N) is 4. The molecule has 2 atom stereocenters. The minimum Gasteiger partial charge on any atom is -0.453 e. The van der Waals surface area contributed by atoms with Crippen LogP contribution in [0, 0.1) is 0 Å². The zero-order valence-corrected chi connectivity index (χ0v) is 42.6. The monoisotopic (exact) mass is 1060 g/mol. The highest BCUT2D eigenvalue weighted by Gasteiger charge is 2.55. The first-order chi connectivity index (χ1) is 36.6. The summed E-state index contributed by atoms with van der Waals surface area (Å²) in [6, 6.07) is 47.2. The zero-order chi connectivity index (χ0) is 52.3. The Morgan fingerprint density at radius 3 is 1.97 bits per heavy atom. The van der Waals surface area contributed by atoms with E-state index in [1.54, 1.807) is 16.9 Å². The Bertz CT molecular complexity index is 3260. The van der Waals surface area contributed by atoms with Gasteiger partial charge in [0.1, 0.15) is 35.5 Å². The smallest absolute Gasteiger partial charge is 0.406 e. The summed E-state index contributed by atoms with van der Waals surface area (Å²) in [4.78, 5) is 91.8. The minimum absolute atomic E-state index is 0.0489. The summed E-state index contributed by atoms with van der Waals surface area (Å²) in [5.41, 5.74) is 1.78. The van der Waals surface area contributed by atoms with E-state index >= 15 is 0 Å². The average molecular weight is 1060 g/mol. The number of H-pyrrole nitrogens is 1. The number of aromatic amines is 1. The van der Waals surface area contributed by atoms with Crippen LogP contribution in [-0.4, -0.2) is 92.2 Å². The molecular weight excluding hydrogens is 1010 g/mol. The summed E-state index contributed by atoms with van der Waals surface area (Å²) >= 11 is 3.52. The predicted octanol–water partition coefficient (Wildman–Crippen LogP) is 6.79. The van der Waals surface area contributed by atoms with Gasteiger partial charge < -0.3 is 30.3 Å². The van der Waals surface area contributed by atoms with Crippen molar-refractivity contribution in [2.45, 2.75) is 34.8 Å². The molecule has 5 aromatic carbocycles. The van der Waals surface area contributed by atoms with Crippen LogP contribution in [0.15, 0.2) is 200 Å². The molecular formula is C54H47N9O9S3. The highest BCUT2D eigenvalue weighted by molar-refractivity contribution is 8.02. The molecule has 4 heterocycles. The summed E-state index contributed by atoms with van der Waals surface area (Å²) in [5, 5.41) is 22.4. The van der Waals surface area contributed by atoms with Crippen LogP contribution >= 0.6 is 34.9 Å². The average Bonchev–Trinajstić information content (AvgIpc) is 3.92. The molecule has 0 aliphatic carbocycles. The van der Waals surface area contributed by atoms with Crippen LogP contribution in [0.5, 0.6) is 0 Å². The van der Waals surface area contributed by atoms with Crippen molar-refractivity contribution in [1.82, 2.24) is 35.3 Å². The van der Waals surface area contributed by atoms with E-state index in [2.05, 4.69) is 36.0 Å². The van der Waals surface area contributed by atoms with Gasteiger partial charge >= 0.3 is 23.2 Å². The Morgan fingerprint density at radius 2 is 1.41 bits per heavy atom. The number of alkyl carbamates (subject to hydrolysis) is 1. The number of carbonyl (C=O) groups excluding carboxylic acids is 4. The maximum Gasteiger partial charge on any atom is 0.406 e. The van der Waals surface area contributed by atoms with Gasteiger partial charge in [-0.25, -0.2) is 19.7 Å².